The average Bonchev–Trinajstić information content (AvgIpc) is 2.39. The lowest BCUT2D eigenvalue weighted by Gasteiger charge is -2.08. The number of rotatable bonds is 4. The molecule has 1 aromatic carbocycles. The van der Waals surface area contributed by atoms with Crippen LogP contribution in [0, 0.1) is 0 Å². The van der Waals surface area contributed by atoms with Crippen molar-refractivity contribution in [3.8, 4) is 0 Å². The van der Waals surface area contributed by atoms with Crippen LogP contribution < -0.4 is 11.5 Å². The summed E-state index contributed by atoms with van der Waals surface area (Å²) in [7, 11) is 0. The Bertz CT molecular complexity index is 624. The first-order valence-corrected chi connectivity index (χ1v) is 5.69. The molecule has 0 aliphatic heterocycles. The Labute approximate surface area is 110 Å². The molecule has 4 N–H and O–H groups in total. The van der Waals surface area contributed by atoms with Crippen molar-refractivity contribution in [2.45, 2.75) is 6.42 Å². The standard InChI is InChI=1S/C14H13N3O2/c15-13(18)10-1-2-12(14(16)19)11(8-10)7-9-3-5-17-6-4-9/h1-6,8H,7H2,(H2,15,18)(H2,16,19). The Morgan fingerprint density at radius 2 is 1.68 bits per heavy atom. The van der Waals surface area contributed by atoms with Gasteiger partial charge in [0, 0.05) is 23.5 Å². The molecule has 1 heterocycles. The molecule has 2 rings (SSSR count). The molecule has 5 nitrogen and oxygen atoms in total. The zero-order chi connectivity index (χ0) is 13.8. The molecular weight excluding hydrogens is 242 g/mol. The summed E-state index contributed by atoms with van der Waals surface area (Å²) in [6.45, 7) is 0. The van der Waals surface area contributed by atoms with Crippen molar-refractivity contribution in [1.82, 2.24) is 4.98 Å². The number of hydrogen-bond donors (Lipinski definition) is 2. The van der Waals surface area contributed by atoms with Gasteiger partial charge in [-0.2, -0.15) is 0 Å². The number of aromatic nitrogens is 1. The number of nitrogens with zero attached hydrogens (tertiary/aromatic N) is 1. The van der Waals surface area contributed by atoms with Crippen LogP contribution in [0.5, 0.6) is 0 Å². The van der Waals surface area contributed by atoms with Crippen molar-refractivity contribution in [1.29, 1.82) is 0 Å². The van der Waals surface area contributed by atoms with Crippen molar-refractivity contribution in [3.63, 3.8) is 0 Å². The SMILES string of the molecule is NC(=O)c1ccc(C(N)=O)c(Cc2ccncc2)c1. The lowest BCUT2D eigenvalue weighted by atomic mass is 9.97. The molecule has 0 saturated heterocycles. The third-order valence-electron chi connectivity index (χ3n) is 2.80. The summed E-state index contributed by atoms with van der Waals surface area (Å²) in [6.07, 6.45) is 3.82. The molecule has 0 atom stereocenters. The number of hydrogen-bond acceptors (Lipinski definition) is 3. The monoisotopic (exact) mass is 255 g/mol. The van der Waals surface area contributed by atoms with Gasteiger partial charge in [0.05, 0.1) is 0 Å². The van der Waals surface area contributed by atoms with E-state index < -0.39 is 11.8 Å². The minimum absolute atomic E-state index is 0.356. The summed E-state index contributed by atoms with van der Waals surface area (Å²) in [5, 5.41) is 0. The van der Waals surface area contributed by atoms with Crippen molar-refractivity contribution in [3.05, 3.63) is 65.0 Å². The molecule has 0 fully saturated rings. The Hall–Kier alpha value is -2.69. The fourth-order valence-electron chi connectivity index (χ4n) is 1.85. The van der Waals surface area contributed by atoms with Gasteiger partial charge in [0.25, 0.3) is 0 Å². The highest BCUT2D eigenvalue weighted by Crippen LogP contribution is 2.16. The fourth-order valence-corrected chi connectivity index (χ4v) is 1.85. The van der Waals surface area contributed by atoms with Crippen LogP contribution in [0.2, 0.25) is 0 Å². The molecule has 0 radical (unpaired) electrons. The number of carbonyl (C=O) groups excluding carboxylic acids is 2. The van der Waals surface area contributed by atoms with Gasteiger partial charge >= 0.3 is 0 Å². The van der Waals surface area contributed by atoms with E-state index in [4.69, 9.17) is 11.5 Å². The summed E-state index contributed by atoms with van der Waals surface area (Å²) in [4.78, 5) is 26.5. The van der Waals surface area contributed by atoms with Crippen LogP contribution in [0.3, 0.4) is 0 Å². The molecule has 96 valence electrons. The Balaban J connectivity index is 2.43. The molecule has 19 heavy (non-hydrogen) atoms. The topological polar surface area (TPSA) is 99.1 Å². The maximum Gasteiger partial charge on any atom is 0.248 e. The van der Waals surface area contributed by atoms with Crippen LogP contribution in [-0.2, 0) is 6.42 Å². The highest BCUT2D eigenvalue weighted by molar-refractivity contribution is 5.98. The van der Waals surface area contributed by atoms with E-state index in [1.165, 1.54) is 12.1 Å². The molecule has 0 unspecified atom stereocenters. The van der Waals surface area contributed by atoms with Crippen molar-refractivity contribution in [2.75, 3.05) is 0 Å². The number of benzene rings is 1. The molecule has 0 aliphatic rings. The lowest BCUT2D eigenvalue weighted by molar-refractivity contribution is 0.0987. The van der Waals surface area contributed by atoms with Gasteiger partial charge < -0.3 is 11.5 Å². The maximum absolute atomic E-state index is 11.4. The predicted molar refractivity (Wildman–Crippen MR) is 70.5 cm³/mol. The Kier molecular flexibility index (Phi) is 3.56. The summed E-state index contributed by atoms with van der Waals surface area (Å²) in [6, 6.07) is 8.30. The van der Waals surface area contributed by atoms with Crippen LogP contribution >= 0.6 is 0 Å². The summed E-state index contributed by atoms with van der Waals surface area (Å²) < 4.78 is 0. The van der Waals surface area contributed by atoms with Crippen molar-refractivity contribution < 1.29 is 9.59 Å². The lowest BCUT2D eigenvalue weighted by Crippen LogP contribution is -2.17. The second-order valence-corrected chi connectivity index (χ2v) is 4.13. The summed E-state index contributed by atoms with van der Waals surface area (Å²) in [5.41, 5.74) is 13.0. The summed E-state index contributed by atoms with van der Waals surface area (Å²) in [5.74, 6) is -1.06. The zero-order valence-electron chi connectivity index (χ0n) is 10.2. The zero-order valence-corrected chi connectivity index (χ0v) is 10.2. The van der Waals surface area contributed by atoms with Crippen LogP contribution in [0.15, 0.2) is 42.7 Å². The molecule has 0 saturated carbocycles. The van der Waals surface area contributed by atoms with E-state index in [0.717, 1.165) is 5.56 Å². The number of nitrogens with two attached hydrogens (primary N) is 2. The van der Waals surface area contributed by atoms with Gasteiger partial charge in [0.2, 0.25) is 11.8 Å². The van der Waals surface area contributed by atoms with Crippen LogP contribution in [0.4, 0.5) is 0 Å². The Morgan fingerprint density at radius 1 is 1.00 bits per heavy atom. The summed E-state index contributed by atoms with van der Waals surface area (Å²) >= 11 is 0. The van der Waals surface area contributed by atoms with E-state index in [1.807, 2.05) is 12.1 Å². The molecule has 0 bridgehead atoms. The fraction of sp³-hybridized carbons (Fsp3) is 0.0714. The minimum atomic E-state index is -0.535. The molecule has 2 amide bonds. The van der Waals surface area contributed by atoms with Crippen molar-refractivity contribution in [2.24, 2.45) is 11.5 Å². The predicted octanol–water partition coefficient (Wildman–Crippen LogP) is 0.870. The average molecular weight is 255 g/mol. The van der Waals surface area contributed by atoms with E-state index >= 15 is 0 Å². The second kappa shape index (κ2) is 5.30. The normalized spacial score (nSPS) is 10.1. The van der Waals surface area contributed by atoms with Gasteiger partial charge in [-0.15, -0.1) is 0 Å². The quantitative estimate of drug-likeness (QED) is 0.847. The highest BCUT2D eigenvalue weighted by atomic mass is 16.1. The van der Waals surface area contributed by atoms with E-state index in [1.54, 1.807) is 18.5 Å². The van der Waals surface area contributed by atoms with Crippen molar-refractivity contribution >= 4 is 11.8 Å². The van der Waals surface area contributed by atoms with E-state index in [0.29, 0.717) is 23.1 Å². The van der Waals surface area contributed by atoms with Gasteiger partial charge in [0.15, 0.2) is 0 Å². The van der Waals surface area contributed by atoms with Gasteiger partial charge in [-0.3, -0.25) is 14.6 Å². The second-order valence-electron chi connectivity index (χ2n) is 4.13. The first-order chi connectivity index (χ1) is 9.08. The van der Waals surface area contributed by atoms with Gasteiger partial charge in [-0.05, 0) is 47.9 Å². The number of pyridine rings is 1. The maximum atomic E-state index is 11.4. The molecule has 0 spiro atoms. The highest BCUT2D eigenvalue weighted by Gasteiger charge is 2.11. The minimum Gasteiger partial charge on any atom is -0.366 e. The van der Waals surface area contributed by atoms with Gasteiger partial charge in [0.1, 0.15) is 0 Å². The van der Waals surface area contributed by atoms with Crippen LogP contribution in [-0.4, -0.2) is 16.8 Å². The molecule has 0 aliphatic carbocycles. The molecular formula is C14H13N3O2. The number of amides is 2. The first kappa shape index (κ1) is 12.8. The largest absolute Gasteiger partial charge is 0.366 e. The Morgan fingerprint density at radius 3 is 2.26 bits per heavy atom. The third kappa shape index (κ3) is 2.95. The number of primary amides is 2. The molecule has 1 aromatic heterocycles. The van der Waals surface area contributed by atoms with E-state index in [-0.39, 0.29) is 0 Å². The van der Waals surface area contributed by atoms with Crippen LogP contribution in [0.25, 0.3) is 0 Å². The smallest absolute Gasteiger partial charge is 0.248 e. The van der Waals surface area contributed by atoms with E-state index in [2.05, 4.69) is 4.98 Å². The van der Waals surface area contributed by atoms with E-state index in [9.17, 15) is 9.59 Å². The molecule has 2 aromatic rings. The van der Waals surface area contributed by atoms with Gasteiger partial charge in [-0.1, -0.05) is 0 Å². The molecule has 5 heteroatoms. The first-order valence-electron chi connectivity index (χ1n) is 5.69. The number of carbonyl (C=O) groups is 2. The third-order valence-corrected chi connectivity index (χ3v) is 2.80. The van der Waals surface area contributed by atoms with Gasteiger partial charge in [-0.25, -0.2) is 0 Å². The van der Waals surface area contributed by atoms with Crippen LogP contribution in [0.1, 0.15) is 31.8 Å².